The molecule has 0 fully saturated rings. The van der Waals surface area contributed by atoms with Gasteiger partial charge in [-0.1, -0.05) is 64.7 Å². The lowest BCUT2D eigenvalue weighted by Crippen LogP contribution is -2.23. The van der Waals surface area contributed by atoms with E-state index in [4.69, 9.17) is 11.6 Å². The van der Waals surface area contributed by atoms with E-state index in [-0.39, 0.29) is 5.91 Å². The molecule has 2 aromatic rings. The van der Waals surface area contributed by atoms with E-state index in [2.05, 4.69) is 15.5 Å². The Hall–Kier alpha value is -0.760. The van der Waals surface area contributed by atoms with Crippen LogP contribution in [0.1, 0.15) is 12.0 Å². The highest BCUT2D eigenvalue weighted by atomic mass is 35.5. The number of aromatic nitrogens is 2. The summed E-state index contributed by atoms with van der Waals surface area (Å²) in [5, 5.41) is 11.6. The monoisotopic (exact) mass is 359 g/mol. The summed E-state index contributed by atoms with van der Waals surface area (Å²) in [7, 11) is 0. The van der Waals surface area contributed by atoms with Gasteiger partial charge in [-0.15, -0.1) is 10.2 Å². The number of nitrogens with one attached hydrogen (secondary N) is 1. The summed E-state index contributed by atoms with van der Waals surface area (Å²) in [5.41, 5.74) is 0.925. The summed E-state index contributed by atoms with van der Waals surface area (Å²) < 4.78 is 1.85. The number of carbonyl (C=O) groups excluding carboxylic acids is 1. The lowest BCUT2D eigenvalue weighted by molar-refractivity contribution is -0.120. The van der Waals surface area contributed by atoms with Gasteiger partial charge in [0.2, 0.25) is 5.91 Å². The number of nitrogens with zero attached hydrogens (tertiary/aromatic N) is 2. The molecule has 1 heterocycles. The summed E-state index contributed by atoms with van der Waals surface area (Å²) in [5.74, 6) is 0.703. The third kappa shape index (κ3) is 5.50. The van der Waals surface area contributed by atoms with Gasteiger partial charge in [-0.3, -0.25) is 4.79 Å². The van der Waals surface area contributed by atoms with Gasteiger partial charge >= 0.3 is 0 Å². The molecule has 8 heteroatoms. The Morgan fingerprint density at radius 1 is 1.33 bits per heavy atom. The number of hydrogen-bond acceptors (Lipinski definition) is 6. The number of thioether (sulfide) groups is 2. The maximum Gasteiger partial charge on any atom is 0.221 e. The lowest BCUT2D eigenvalue weighted by Gasteiger charge is -2.06. The molecule has 1 aromatic carbocycles. The molecule has 4 nitrogen and oxygen atoms in total. The van der Waals surface area contributed by atoms with Crippen LogP contribution >= 0.6 is 46.5 Å². The predicted molar refractivity (Wildman–Crippen MR) is 90.3 cm³/mol. The molecular weight excluding hydrogens is 346 g/mol. The molecule has 0 unspecified atom stereocenters. The van der Waals surface area contributed by atoms with E-state index in [0.29, 0.717) is 23.7 Å². The van der Waals surface area contributed by atoms with E-state index in [1.54, 1.807) is 34.9 Å². The van der Waals surface area contributed by atoms with Crippen LogP contribution in [0.15, 0.2) is 32.9 Å². The summed E-state index contributed by atoms with van der Waals surface area (Å²) in [6.45, 7) is 0.457. The summed E-state index contributed by atoms with van der Waals surface area (Å²) >= 11 is 10.7. The summed E-state index contributed by atoms with van der Waals surface area (Å²) in [4.78, 5) is 11.8. The van der Waals surface area contributed by atoms with Crippen LogP contribution in [0.2, 0.25) is 5.02 Å². The fourth-order valence-corrected chi connectivity index (χ4v) is 4.14. The predicted octanol–water partition coefficient (Wildman–Crippen LogP) is 3.71. The first kappa shape index (κ1) is 16.6. The Balaban J connectivity index is 1.69. The van der Waals surface area contributed by atoms with Crippen LogP contribution in [0.3, 0.4) is 0 Å². The SMILES string of the molecule is CSc1nnc(SCCC(=O)NCc2ccccc2Cl)s1. The van der Waals surface area contributed by atoms with Crippen molar-refractivity contribution in [3.63, 3.8) is 0 Å². The second-order valence-corrected chi connectivity index (χ2v) is 7.78. The van der Waals surface area contributed by atoms with Crippen molar-refractivity contribution in [1.82, 2.24) is 15.5 Å². The van der Waals surface area contributed by atoms with Gasteiger partial charge in [-0.05, 0) is 17.9 Å². The third-order valence-electron chi connectivity index (χ3n) is 2.55. The molecule has 0 spiro atoms. The molecule has 0 aliphatic carbocycles. The largest absolute Gasteiger partial charge is 0.352 e. The first-order chi connectivity index (χ1) is 10.2. The Morgan fingerprint density at radius 3 is 2.81 bits per heavy atom. The van der Waals surface area contributed by atoms with Crippen LogP contribution < -0.4 is 5.32 Å². The average Bonchev–Trinajstić information content (AvgIpc) is 2.94. The van der Waals surface area contributed by atoms with E-state index in [9.17, 15) is 4.79 Å². The smallest absolute Gasteiger partial charge is 0.221 e. The quantitative estimate of drug-likeness (QED) is 0.763. The number of benzene rings is 1. The van der Waals surface area contributed by atoms with Crippen LogP contribution in [0.25, 0.3) is 0 Å². The maximum atomic E-state index is 11.8. The Kier molecular flexibility index (Phi) is 6.82. The molecule has 0 saturated heterocycles. The van der Waals surface area contributed by atoms with Crippen molar-refractivity contribution in [2.24, 2.45) is 0 Å². The van der Waals surface area contributed by atoms with Gasteiger partial charge in [-0.2, -0.15) is 0 Å². The van der Waals surface area contributed by atoms with Crippen molar-refractivity contribution in [2.45, 2.75) is 21.6 Å². The topological polar surface area (TPSA) is 54.9 Å². The van der Waals surface area contributed by atoms with Crippen molar-refractivity contribution < 1.29 is 4.79 Å². The zero-order valence-corrected chi connectivity index (χ0v) is 14.5. The van der Waals surface area contributed by atoms with Gasteiger partial charge in [0.25, 0.3) is 0 Å². The standard InChI is InChI=1S/C13H14ClN3OS3/c1-19-12-16-17-13(21-12)20-7-6-11(18)15-8-9-4-2-3-5-10(9)14/h2-5H,6-8H2,1H3,(H,15,18). The number of carbonyl (C=O) groups is 1. The molecule has 1 amide bonds. The molecule has 112 valence electrons. The van der Waals surface area contributed by atoms with Crippen molar-refractivity contribution in [3.8, 4) is 0 Å². The molecule has 0 radical (unpaired) electrons. The van der Waals surface area contributed by atoms with Gasteiger partial charge in [0, 0.05) is 23.7 Å². The van der Waals surface area contributed by atoms with E-state index in [1.165, 1.54) is 0 Å². The second-order valence-electron chi connectivity index (χ2n) is 4.00. The van der Waals surface area contributed by atoms with Gasteiger partial charge in [-0.25, -0.2) is 0 Å². The Labute approximate surface area is 141 Å². The summed E-state index contributed by atoms with van der Waals surface area (Å²) in [6.07, 6.45) is 2.42. The molecular formula is C13H14ClN3OS3. The molecule has 0 bridgehead atoms. The number of hydrogen-bond donors (Lipinski definition) is 1. The van der Waals surface area contributed by atoms with E-state index >= 15 is 0 Å². The molecule has 0 aliphatic heterocycles. The van der Waals surface area contributed by atoms with Crippen LogP contribution in [-0.2, 0) is 11.3 Å². The lowest BCUT2D eigenvalue weighted by atomic mass is 10.2. The van der Waals surface area contributed by atoms with Crippen LogP contribution in [0.5, 0.6) is 0 Å². The van der Waals surface area contributed by atoms with E-state index < -0.39 is 0 Å². The third-order valence-corrected chi connectivity index (χ3v) is 5.95. The minimum Gasteiger partial charge on any atom is -0.352 e. The molecule has 21 heavy (non-hydrogen) atoms. The minimum absolute atomic E-state index is 0.0111. The minimum atomic E-state index is 0.0111. The van der Waals surface area contributed by atoms with Crippen molar-refractivity contribution in [1.29, 1.82) is 0 Å². The zero-order valence-electron chi connectivity index (χ0n) is 11.3. The molecule has 2 rings (SSSR count). The maximum absolute atomic E-state index is 11.8. The first-order valence-corrected chi connectivity index (χ1v) is 9.60. The number of rotatable bonds is 7. The van der Waals surface area contributed by atoms with Gasteiger partial charge in [0.1, 0.15) is 0 Å². The Morgan fingerprint density at radius 2 is 2.10 bits per heavy atom. The van der Waals surface area contributed by atoms with Gasteiger partial charge < -0.3 is 5.32 Å². The van der Waals surface area contributed by atoms with Gasteiger partial charge in [0.05, 0.1) is 0 Å². The molecule has 1 N–H and O–H groups in total. The molecule has 0 atom stereocenters. The first-order valence-electron chi connectivity index (χ1n) is 6.19. The van der Waals surface area contributed by atoms with Crippen LogP contribution in [-0.4, -0.2) is 28.1 Å². The summed E-state index contributed by atoms with van der Waals surface area (Å²) in [6, 6.07) is 7.50. The number of amides is 1. The highest BCUT2D eigenvalue weighted by molar-refractivity contribution is 8.02. The fraction of sp³-hybridized carbons (Fsp3) is 0.308. The normalized spacial score (nSPS) is 10.6. The average molecular weight is 360 g/mol. The molecule has 1 aromatic heterocycles. The van der Waals surface area contributed by atoms with Crippen LogP contribution in [0.4, 0.5) is 0 Å². The number of halogens is 1. The van der Waals surface area contributed by atoms with Crippen LogP contribution in [0, 0.1) is 0 Å². The van der Waals surface area contributed by atoms with Crippen molar-refractivity contribution in [2.75, 3.05) is 12.0 Å². The highest BCUT2D eigenvalue weighted by Crippen LogP contribution is 2.27. The van der Waals surface area contributed by atoms with E-state index in [1.807, 2.05) is 30.5 Å². The zero-order chi connectivity index (χ0) is 15.1. The van der Waals surface area contributed by atoms with Crippen molar-refractivity contribution >= 4 is 52.4 Å². The Bertz CT molecular complexity index is 606. The van der Waals surface area contributed by atoms with Gasteiger partial charge in [0.15, 0.2) is 8.68 Å². The van der Waals surface area contributed by atoms with E-state index in [0.717, 1.165) is 14.2 Å². The molecule has 0 saturated carbocycles. The highest BCUT2D eigenvalue weighted by Gasteiger charge is 2.07. The van der Waals surface area contributed by atoms with Crippen molar-refractivity contribution in [3.05, 3.63) is 34.9 Å². The fourth-order valence-electron chi connectivity index (χ4n) is 1.49. The molecule has 0 aliphatic rings. The second kappa shape index (κ2) is 8.63.